The number of methoxy groups -OCH3 is 2. The van der Waals surface area contributed by atoms with Gasteiger partial charge in [-0.25, -0.2) is 4.99 Å². The Kier molecular flexibility index (Phi) is 6.92. The molecule has 0 atom stereocenters. The van der Waals surface area contributed by atoms with E-state index in [9.17, 15) is 0 Å². The van der Waals surface area contributed by atoms with Gasteiger partial charge in [0.05, 0.1) is 7.11 Å². The molecule has 4 heteroatoms. The number of hydrogen-bond acceptors (Lipinski definition) is 4. The van der Waals surface area contributed by atoms with Crippen molar-refractivity contribution in [2.75, 3.05) is 34.9 Å². The molecule has 0 spiro atoms. The van der Waals surface area contributed by atoms with E-state index in [-0.39, 0.29) is 0 Å². The van der Waals surface area contributed by atoms with Crippen LogP contribution in [0.3, 0.4) is 0 Å². The summed E-state index contributed by atoms with van der Waals surface area (Å²) in [7, 11) is 7.33. The summed E-state index contributed by atoms with van der Waals surface area (Å²) in [6.07, 6.45) is 3.74. The Morgan fingerprint density at radius 1 is 0.960 bits per heavy atom. The molecule has 0 saturated heterocycles. The van der Waals surface area contributed by atoms with E-state index in [4.69, 9.17) is 9.47 Å². The van der Waals surface area contributed by atoms with Gasteiger partial charge in [-0.05, 0) is 25.2 Å². The monoisotopic (exact) mass is 338 g/mol. The van der Waals surface area contributed by atoms with Gasteiger partial charge >= 0.3 is 0 Å². The normalized spacial score (nSPS) is 12.8. The van der Waals surface area contributed by atoms with E-state index in [2.05, 4.69) is 9.89 Å². The van der Waals surface area contributed by atoms with Gasteiger partial charge in [0, 0.05) is 19.9 Å². The maximum Gasteiger partial charge on any atom is 0.230 e. The molecule has 0 aliphatic carbocycles. The van der Waals surface area contributed by atoms with Gasteiger partial charge in [0.15, 0.2) is 5.60 Å². The zero-order valence-electron chi connectivity index (χ0n) is 15.3. The minimum atomic E-state index is -0.903. The van der Waals surface area contributed by atoms with Gasteiger partial charge in [0.1, 0.15) is 0 Å². The average Bonchev–Trinajstić information content (AvgIpc) is 2.66. The summed E-state index contributed by atoms with van der Waals surface area (Å²) >= 11 is 0. The van der Waals surface area contributed by atoms with E-state index < -0.39 is 5.60 Å². The molecule has 25 heavy (non-hydrogen) atoms. The average molecular weight is 338 g/mol. The number of nitrogens with zero attached hydrogens (tertiary/aromatic N) is 2. The molecule has 0 aliphatic heterocycles. The molecular weight excluding hydrogens is 312 g/mol. The Morgan fingerprint density at radius 3 is 1.88 bits per heavy atom. The summed E-state index contributed by atoms with van der Waals surface area (Å²) in [5, 5.41) is 0. The minimum Gasteiger partial charge on any atom is -0.481 e. The molecule has 4 nitrogen and oxygen atoms in total. The number of ether oxygens (including phenoxy) is 2. The Hall–Kier alpha value is -2.43. The van der Waals surface area contributed by atoms with Crippen LogP contribution in [-0.4, -0.2) is 45.7 Å². The van der Waals surface area contributed by atoms with Crippen LogP contribution in [0.4, 0.5) is 0 Å². The lowest BCUT2D eigenvalue weighted by molar-refractivity contribution is 0.0625. The first-order valence-electron chi connectivity index (χ1n) is 8.23. The second-order valence-electron chi connectivity index (χ2n) is 5.90. The topological polar surface area (TPSA) is 34.1 Å². The molecule has 0 unspecified atom stereocenters. The molecule has 2 aromatic carbocycles. The van der Waals surface area contributed by atoms with Crippen LogP contribution >= 0.6 is 0 Å². The molecule has 0 fully saturated rings. The fourth-order valence-electron chi connectivity index (χ4n) is 2.75. The molecule has 0 bridgehead atoms. The van der Waals surface area contributed by atoms with E-state index in [1.165, 1.54) is 0 Å². The lowest BCUT2D eigenvalue weighted by atomic mass is 9.85. The van der Waals surface area contributed by atoms with Gasteiger partial charge in [-0.3, -0.25) is 0 Å². The van der Waals surface area contributed by atoms with Crippen LogP contribution in [0.2, 0.25) is 0 Å². The number of rotatable bonds is 7. The first-order chi connectivity index (χ1) is 12.1. The molecule has 0 amide bonds. The van der Waals surface area contributed by atoms with Gasteiger partial charge in [-0.2, -0.15) is 0 Å². The highest BCUT2D eigenvalue weighted by atomic mass is 16.5. The van der Waals surface area contributed by atoms with E-state index in [1.54, 1.807) is 20.4 Å². The molecule has 0 saturated carbocycles. The molecule has 0 aromatic heterocycles. The van der Waals surface area contributed by atoms with Crippen LogP contribution in [0.15, 0.2) is 77.9 Å². The summed E-state index contributed by atoms with van der Waals surface area (Å²) in [4.78, 5) is 6.64. The summed E-state index contributed by atoms with van der Waals surface area (Å²) in [6.45, 7) is 0.803. The number of hydrogen-bond donors (Lipinski definition) is 0. The molecule has 2 aromatic rings. The minimum absolute atomic E-state index is 0.488. The summed E-state index contributed by atoms with van der Waals surface area (Å²) < 4.78 is 11.7. The van der Waals surface area contributed by atoms with Gasteiger partial charge in [-0.1, -0.05) is 66.7 Å². The smallest absolute Gasteiger partial charge is 0.230 e. The third kappa shape index (κ3) is 4.35. The summed E-state index contributed by atoms with van der Waals surface area (Å²) in [6, 6.07) is 20.0. The Balaban J connectivity index is 2.57. The van der Waals surface area contributed by atoms with Crippen molar-refractivity contribution in [2.45, 2.75) is 5.60 Å². The Morgan fingerprint density at radius 2 is 1.48 bits per heavy atom. The van der Waals surface area contributed by atoms with Crippen LogP contribution < -0.4 is 0 Å². The summed E-state index contributed by atoms with van der Waals surface area (Å²) in [5.41, 5.74) is 1.02. The zero-order chi connectivity index (χ0) is 18.1. The van der Waals surface area contributed by atoms with E-state index in [0.29, 0.717) is 5.90 Å². The zero-order valence-corrected chi connectivity index (χ0v) is 15.3. The molecule has 2 rings (SSSR count). The van der Waals surface area contributed by atoms with Crippen molar-refractivity contribution in [1.82, 2.24) is 4.90 Å². The first kappa shape index (κ1) is 18.9. The van der Waals surface area contributed by atoms with Crippen LogP contribution in [-0.2, 0) is 15.1 Å². The quantitative estimate of drug-likeness (QED) is 0.570. The maximum atomic E-state index is 6.04. The lowest BCUT2D eigenvalue weighted by Crippen LogP contribution is -2.40. The van der Waals surface area contributed by atoms with Crippen LogP contribution in [0.25, 0.3) is 0 Å². The molecule has 0 radical (unpaired) electrons. The molecule has 132 valence electrons. The summed E-state index contributed by atoms with van der Waals surface area (Å²) in [5.74, 6) is 0.488. The predicted octanol–water partition coefficient (Wildman–Crippen LogP) is 3.70. The molecule has 0 aliphatic rings. The Bertz CT molecular complexity index is 655. The van der Waals surface area contributed by atoms with Crippen molar-refractivity contribution in [3.05, 3.63) is 84.1 Å². The third-order valence-corrected chi connectivity index (χ3v) is 3.93. The fraction of sp³-hybridized carbons (Fsp3) is 0.286. The van der Waals surface area contributed by atoms with Crippen LogP contribution in [0, 0.1) is 0 Å². The largest absolute Gasteiger partial charge is 0.481 e. The van der Waals surface area contributed by atoms with Crippen molar-refractivity contribution >= 4 is 5.90 Å². The van der Waals surface area contributed by atoms with Crippen LogP contribution in [0.1, 0.15) is 11.1 Å². The highest BCUT2D eigenvalue weighted by Gasteiger charge is 2.41. The molecule has 0 heterocycles. The Labute approximate surface area is 150 Å². The second-order valence-corrected chi connectivity index (χ2v) is 5.90. The van der Waals surface area contributed by atoms with Gasteiger partial charge < -0.3 is 14.4 Å². The van der Waals surface area contributed by atoms with E-state index >= 15 is 0 Å². The third-order valence-electron chi connectivity index (χ3n) is 3.93. The second kappa shape index (κ2) is 9.16. The SMILES string of the molecule is COC(=N/C=C/CN(C)C)C(OC)(c1ccccc1)c1ccccc1. The van der Waals surface area contributed by atoms with Crippen molar-refractivity contribution in [1.29, 1.82) is 0 Å². The lowest BCUT2D eigenvalue weighted by Gasteiger charge is -2.33. The van der Waals surface area contributed by atoms with Gasteiger partial charge in [0.2, 0.25) is 5.90 Å². The van der Waals surface area contributed by atoms with Crippen LogP contribution in [0.5, 0.6) is 0 Å². The van der Waals surface area contributed by atoms with Crippen molar-refractivity contribution in [3.8, 4) is 0 Å². The number of benzene rings is 2. The number of likely N-dealkylation sites (N-methyl/N-ethyl adjacent to an activating group) is 1. The number of aliphatic imine (C=N–C) groups is 1. The molecule has 0 N–H and O–H groups in total. The maximum absolute atomic E-state index is 6.04. The van der Waals surface area contributed by atoms with E-state index in [0.717, 1.165) is 17.7 Å². The predicted molar refractivity (Wildman–Crippen MR) is 103 cm³/mol. The van der Waals surface area contributed by atoms with Gasteiger partial charge in [-0.15, -0.1) is 0 Å². The highest BCUT2D eigenvalue weighted by Crippen LogP contribution is 2.35. The highest BCUT2D eigenvalue weighted by molar-refractivity contribution is 5.90. The van der Waals surface area contributed by atoms with E-state index in [1.807, 2.05) is 80.8 Å². The van der Waals surface area contributed by atoms with Gasteiger partial charge in [0.25, 0.3) is 0 Å². The van der Waals surface area contributed by atoms with Crippen molar-refractivity contribution in [2.24, 2.45) is 4.99 Å². The standard InChI is InChI=1S/C21H26N2O2/c1-23(2)17-11-16-22-20(24-3)21(25-4,18-12-7-5-8-13-18)19-14-9-6-10-15-19/h5-16H,17H2,1-4H3/b16-11+,22-20?. The first-order valence-corrected chi connectivity index (χ1v) is 8.23. The fourth-order valence-corrected chi connectivity index (χ4v) is 2.75. The van der Waals surface area contributed by atoms with Crippen molar-refractivity contribution in [3.63, 3.8) is 0 Å². The molecular formula is C21H26N2O2. The van der Waals surface area contributed by atoms with Crippen molar-refractivity contribution < 1.29 is 9.47 Å².